The number of nitrogens with one attached hydrogen (secondary N) is 1. The van der Waals surface area contributed by atoms with Gasteiger partial charge in [-0.15, -0.1) is 0 Å². The van der Waals surface area contributed by atoms with Crippen LogP contribution in [0.25, 0.3) is 0 Å². The van der Waals surface area contributed by atoms with Crippen LogP contribution in [-0.2, 0) is 4.79 Å². The van der Waals surface area contributed by atoms with E-state index in [0.29, 0.717) is 0 Å². The van der Waals surface area contributed by atoms with Crippen LogP contribution in [0.5, 0.6) is 0 Å². The Bertz CT molecular complexity index is 255. The summed E-state index contributed by atoms with van der Waals surface area (Å²) in [6, 6.07) is 0. The molecule has 0 heterocycles. The topological polar surface area (TPSA) is 29.1 Å². The maximum absolute atomic E-state index is 12.5. The van der Waals surface area contributed by atoms with Gasteiger partial charge in [0.1, 0.15) is 0 Å². The molecule has 1 aliphatic carbocycles. The third kappa shape index (κ3) is 2.76. The van der Waals surface area contributed by atoms with Crippen molar-refractivity contribution >= 4 is 17.7 Å². The van der Waals surface area contributed by atoms with Crippen molar-refractivity contribution < 1.29 is 22.4 Å². The van der Waals surface area contributed by atoms with Crippen LogP contribution in [0.3, 0.4) is 0 Å². The fourth-order valence-electron chi connectivity index (χ4n) is 1.05. The summed E-state index contributed by atoms with van der Waals surface area (Å²) in [4.78, 5) is 10.7. The minimum atomic E-state index is -4.59. The second kappa shape index (κ2) is 4.19. The van der Waals surface area contributed by atoms with Crippen molar-refractivity contribution in [2.24, 2.45) is 0 Å². The van der Waals surface area contributed by atoms with E-state index < -0.39 is 18.3 Å². The molecule has 2 nitrogen and oxygen atoms in total. The third-order valence-corrected chi connectivity index (χ3v) is 3.81. The molecule has 88 valence electrons. The first-order chi connectivity index (χ1) is 6.84. The Kier molecular flexibility index (Phi) is 3.52. The zero-order chi connectivity index (χ0) is 11.7. The molecule has 0 unspecified atom stereocenters. The molecule has 0 spiro atoms. The summed E-state index contributed by atoms with van der Waals surface area (Å²) in [7, 11) is 0. The van der Waals surface area contributed by atoms with Gasteiger partial charge >= 0.3 is 12.3 Å². The molecule has 0 aromatic heterocycles. The van der Waals surface area contributed by atoms with Gasteiger partial charge in [-0.3, -0.25) is 4.79 Å². The second-order valence-corrected chi connectivity index (χ2v) is 4.77. The van der Waals surface area contributed by atoms with Crippen molar-refractivity contribution in [2.45, 2.75) is 29.9 Å². The van der Waals surface area contributed by atoms with E-state index in [2.05, 4.69) is 0 Å². The number of alkyl halides is 4. The van der Waals surface area contributed by atoms with Gasteiger partial charge in [-0.05, 0) is 19.1 Å². The summed E-state index contributed by atoms with van der Waals surface area (Å²) in [5.41, 5.74) is 0. The van der Waals surface area contributed by atoms with Crippen LogP contribution in [0.4, 0.5) is 17.6 Å². The van der Waals surface area contributed by atoms with Crippen molar-refractivity contribution in [3.8, 4) is 0 Å². The Morgan fingerprint density at radius 2 is 2.07 bits per heavy atom. The predicted octanol–water partition coefficient (Wildman–Crippen LogP) is 1.90. The summed E-state index contributed by atoms with van der Waals surface area (Å²) in [5.74, 6) is -6.48. The fraction of sp³-hybridized carbons (Fsp3) is 0.875. The van der Waals surface area contributed by atoms with E-state index >= 15 is 0 Å². The third-order valence-electron chi connectivity index (χ3n) is 2.39. The van der Waals surface area contributed by atoms with E-state index in [1.54, 1.807) is 6.26 Å². The lowest BCUT2D eigenvalue weighted by Crippen LogP contribution is -2.47. The van der Waals surface area contributed by atoms with Crippen LogP contribution >= 0.6 is 11.8 Å². The minimum Gasteiger partial charge on any atom is -0.349 e. The lowest BCUT2D eigenvalue weighted by molar-refractivity contribution is -0.169. The molecule has 0 aromatic rings. The van der Waals surface area contributed by atoms with Crippen LogP contribution in [0.1, 0.15) is 12.8 Å². The molecule has 0 radical (unpaired) electrons. The summed E-state index contributed by atoms with van der Waals surface area (Å²) in [6.45, 7) is 0.0231. The van der Waals surface area contributed by atoms with Crippen molar-refractivity contribution in [2.75, 3.05) is 12.8 Å². The van der Waals surface area contributed by atoms with Crippen molar-refractivity contribution in [1.29, 1.82) is 0 Å². The Morgan fingerprint density at radius 3 is 2.40 bits per heavy atom. The van der Waals surface area contributed by atoms with Gasteiger partial charge < -0.3 is 5.32 Å². The van der Waals surface area contributed by atoms with Gasteiger partial charge in [0.05, 0.1) is 0 Å². The fourth-order valence-corrected chi connectivity index (χ4v) is 1.78. The summed E-state index contributed by atoms with van der Waals surface area (Å²) >= 11 is 1.45. The number of carbonyl (C=O) groups excluding carboxylic acids is 1. The van der Waals surface area contributed by atoms with Gasteiger partial charge in [0, 0.05) is 11.3 Å². The van der Waals surface area contributed by atoms with Gasteiger partial charge in [-0.2, -0.15) is 20.5 Å². The first-order valence-corrected chi connectivity index (χ1v) is 5.56. The molecule has 1 N–H and O–H groups in total. The maximum Gasteiger partial charge on any atom is 0.383 e. The highest BCUT2D eigenvalue weighted by Crippen LogP contribution is 2.46. The van der Waals surface area contributed by atoms with E-state index in [4.69, 9.17) is 0 Å². The summed E-state index contributed by atoms with van der Waals surface area (Å²) in [5, 5.41) is 1.87. The SMILES string of the molecule is CSC1(CNC(=O)C(F)(F)C(F)F)CC1. The van der Waals surface area contributed by atoms with E-state index in [0.717, 1.165) is 12.8 Å². The first kappa shape index (κ1) is 12.6. The maximum atomic E-state index is 12.5. The number of thioether (sulfide) groups is 1. The van der Waals surface area contributed by atoms with Crippen LogP contribution in [-0.4, -0.2) is 35.8 Å². The molecule has 0 atom stereocenters. The molecule has 1 aliphatic rings. The lowest BCUT2D eigenvalue weighted by atomic mass is 10.3. The van der Waals surface area contributed by atoms with Gasteiger partial charge in [-0.25, -0.2) is 8.78 Å². The highest BCUT2D eigenvalue weighted by molar-refractivity contribution is 8.00. The highest BCUT2D eigenvalue weighted by Gasteiger charge is 2.50. The number of halogens is 4. The van der Waals surface area contributed by atoms with E-state index in [1.807, 2.05) is 5.32 Å². The quantitative estimate of drug-likeness (QED) is 0.749. The van der Waals surface area contributed by atoms with E-state index in [1.165, 1.54) is 11.8 Å². The molecule has 0 bridgehead atoms. The van der Waals surface area contributed by atoms with E-state index in [9.17, 15) is 22.4 Å². The molecule has 1 amide bonds. The average molecular weight is 245 g/mol. The number of carbonyl (C=O) groups is 1. The molecule has 0 aromatic carbocycles. The van der Waals surface area contributed by atoms with Crippen molar-refractivity contribution in [1.82, 2.24) is 5.32 Å². The minimum absolute atomic E-state index is 0.0231. The normalized spacial score (nSPS) is 19.1. The number of rotatable bonds is 5. The Hall–Kier alpha value is -0.460. The molecular formula is C8H11F4NOS. The zero-order valence-corrected chi connectivity index (χ0v) is 8.84. The van der Waals surface area contributed by atoms with Gasteiger partial charge in [0.25, 0.3) is 5.91 Å². The largest absolute Gasteiger partial charge is 0.383 e. The van der Waals surface area contributed by atoms with Crippen molar-refractivity contribution in [3.63, 3.8) is 0 Å². The van der Waals surface area contributed by atoms with Crippen LogP contribution in [0, 0.1) is 0 Å². The smallest absolute Gasteiger partial charge is 0.349 e. The number of hydrogen-bond acceptors (Lipinski definition) is 2. The standard InChI is InChI=1S/C8H11F4NOS/c1-15-7(2-3-7)4-13-6(14)8(11,12)5(9)10/h5H,2-4H2,1H3,(H,13,14). The Labute approximate surface area is 88.8 Å². The molecule has 1 rings (SSSR count). The van der Waals surface area contributed by atoms with Gasteiger partial charge in [-0.1, -0.05) is 0 Å². The monoisotopic (exact) mass is 245 g/mol. The first-order valence-electron chi connectivity index (χ1n) is 4.33. The Morgan fingerprint density at radius 1 is 1.53 bits per heavy atom. The zero-order valence-electron chi connectivity index (χ0n) is 8.03. The number of hydrogen-bond donors (Lipinski definition) is 1. The molecular weight excluding hydrogens is 234 g/mol. The Balaban J connectivity index is 2.42. The molecule has 15 heavy (non-hydrogen) atoms. The van der Waals surface area contributed by atoms with Crippen molar-refractivity contribution in [3.05, 3.63) is 0 Å². The lowest BCUT2D eigenvalue weighted by Gasteiger charge is -2.17. The highest BCUT2D eigenvalue weighted by atomic mass is 32.2. The predicted molar refractivity (Wildman–Crippen MR) is 49.4 cm³/mol. The van der Waals surface area contributed by atoms with Crippen LogP contribution in [0.2, 0.25) is 0 Å². The van der Waals surface area contributed by atoms with Crippen LogP contribution < -0.4 is 5.32 Å². The van der Waals surface area contributed by atoms with Gasteiger partial charge in [0.15, 0.2) is 0 Å². The molecule has 0 aliphatic heterocycles. The molecule has 1 fully saturated rings. The molecule has 7 heteroatoms. The summed E-state index contributed by atoms with van der Waals surface area (Å²) in [6.07, 6.45) is -0.532. The van der Waals surface area contributed by atoms with Gasteiger partial charge in [0.2, 0.25) is 0 Å². The molecule has 1 saturated carbocycles. The van der Waals surface area contributed by atoms with E-state index in [-0.39, 0.29) is 11.3 Å². The molecule has 0 saturated heterocycles. The summed E-state index contributed by atoms with van der Waals surface area (Å²) < 4.78 is 48.3. The van der Waals surface area contributed by atoms with Crippen LogP contribution in [0.15, 0.2) is 0 Å². The average Bonchev–Trinajstić information content (AvgIpc) is 2.94. The second-order valence-electron chi connectivity index (χ2n) is 3.49. The number of amides is 1.